The number of nitrogens with one attached hydrogen (secondary N) is 1. The summed E-state index contributed by atoms with van der Waals surface area (Å²) in [6.07, 6.45) is 3.50. The monoisotopic (exact) mass is 391 g/mol. The summed E-state index contributed by atoms with van der Waals surface area (Å²) in [5.41, 5.74) is 10.4. The molecule has 7 nitrogen and oxygen atoms in total. The van der Waals surface area contributed by atoms with Crippen LogP contribution in [0.4, 0.5) is 22.5 Å². The van der Waals surface area contributed by atoms with Crippen LogP contribution < -0.4 is 10.6 Å². The Kier molecular flexibility index (Phi) is 4.79. The number of nitrogens with two attached hydrogens (primary N) is 1. The molecule has 1 aromatic carbocycles. The molecule has 0 radical (unpaired) electrons. The van der Waals surface area contributed by atoms with Crippen LogP contribution in [-0.4, -0.2) is 24.9 Å². The summed E-state index contributed by atoms with van der Waals surface area (Å²) in [6.45, 7) is 6.19. The van der Waals surface area contributed by atoms with Gasteiger partial charge in [-0.1, -0.05) is 26.0 Å². The number of anilines is 4. The molecule has 0 fully saturated rings. The molecule has 8 heteroatoms. The van der Waals surface area contributed by atoms with Gasteiger partial charge >= 0.3 is 0 Å². The van der Waals surface area contributed by atoms with Gasteiger partial charge in [0, 0.05) is 17.8 Å². The zero-order valence-electron chi connectivity index (χ0n) is 15.9. The minimum absolute atomic E-state index is 0.276. The van der Waals surface area contributed by atoms with Gasteiger partial charge < -0.3 is 10.7 Å². The van der Waals surface area contributed by atoms with Crippen LogP contribution in [0.5, 0.6) is 0 Å². The molecule has 142 valence electrons. The number of aryl methyl sites for hydroxylation is 1. The molecule has 3 aromatic heterocycles. The Balaban J connectivity index is 1.86. The lowest BCUT2D eigenvalue weighted by molar-refractivity contribution is 0.829. The summed E-state index contributed by atoms with van der Waals surface area (Å²) in [5.74, 6) is 1.65. The second kappa shape index (κ2) is 7.40. The van der Waals surface area contributed by atoms with Gasteiger partial charge in [-0.2, -0.15) is 0 Å². The Morgan fingerprint density at radius 1 is 1.07 bits per heavy atom. The summed E-state index contributed by atoms with van der Waals surface area (Å²) in [4.78, 5) is 23.6. The Hall–Kier alpha value is -3.26. The van der Waals surface area contributed by atoms with E-state index in [1.54, 1.807) is 12.4 Å². The molecule has 0 saturated carbocycles. The van der Waals surface area contributed by atoms with E-state index in [9.17, 15) is 0 Å². The molecule has 0 saturated heterocycles. The lowest BCUT2D eigenvalue weighted by Crippen LogP contribution is -2.15. The maximum Gasteiger partial charge on any atom is 0.237 e. The number of imidazole rings is 1. The number of nitrogens with zero attached hydrogens (tertiary/aromatic N) is 5. The number of hydrogen-bond donors (Lipinski definition) is 2. The lowest BCUT2D eigenvalue weighted by Gasteiger charge is -2.21. The first-order valence-corrected chi connectivity index (χ1v) is 9.86. The molecule has 0 unspecified atom stereocenters. The fraction of sp³-hybridized carbons (Fsp3) is 0.200. The van der Waals surface area contributed by atoms with E-state index in [1.165, 1.54) is 11.3 Å². The van der Waals surface area contributed by atoms with Crippen molar-refractivity contribution in [2.45, 2.75) is 26.7 Å². The van der Waals surface area contributed by atoms with Gasteiger partial charge in [0.1, 0.15) is 5.82 Å². The van der Waals surface area contributed by atoms with Crippen molar-refractivity contribution in [3.05, 3.63) is 59.6 Å². The number of nitrogen functional groups attached to an aromatic ring is 1. The zero-order chi connectivity index (χ0) is 19.7. The van der Waals surface area contributed by atoms with Crippen LogP contribution in [0, 0.1) is 6.92 Å². The molecule has 28 heavy (non-hydrogen) atoms. The van der Waals surface area contributed by atoms with Crippen molar-refractivity contribution < 1.29 is 0 Å². The molecule has 4 aromatic rings. The van der Waals surface area contributed by atoms with E-state index in [0.29, 0.717) is 11.6 Å². The van der Waals surface area contributed by atoms with E-state index in [4.69, 9.17) is 10.7 Å². The summed E-state index contributed by atoms with van der Waals surface area (Å²) >= 11 is 1.50. The number of benzene rings is 1. The van der Waals surface area contributed by atoms with E-state index in [2.05, 4.69) is 33.8 Å². The molecule has 0 spiro atoms. The molecule has 0 atom stereocenters. The van der Waals surface area contributed by atoms with E-state index >= 15 is 0 Å². The molecule has 0 bridgehead atoms. The molecule has 0 amide bonds. The maximum absolute atomic E-state index is 6.24. The Morgan fingerprint density at radius 2 is 1.89 bits per heavy atom. The van der Waals surface area contributed by atoms with Gasteiger partial charge in [-0.05, 0) is 31.0 Å². The van der Waals surface area contributed by atoms with Gasteiger partial charge in [-0.15, -0.1) is 11.3 Å². The second-order valence-electron chi connectivity index (χ2n) is 6.69. The number of rotatable bonds is 5. The number of hydrogen-bond acceptors (Lipinski definition) is 7. The second-order valence-corrected chi connectivity index (χ2v) is 7.56. The van der Waals surface area contributed by atoms with Crippen LogP contribution in [-0.2, 0) is 0 Å². The highest BCUT2D eigenvalue weighted by molar-refractivity contribution is 7.13. The van der Waals surface area contributed by atoms with Gasteiger partial charge in [-0.25, -0.2) is 19.9 Å². The molecule has 0 aliphatic carbocycles. The number of H-pyrrole nitrogens is 1. The van der Waals surface area contributed by atoms with Gasteiger partial charge in [0.25, 0.3) is 0 Å². The van der Waals surface area contributed by atoms with E-state index in [1.807, 2.05) is 47.5 Å². The van der Waals surface area contributed by atoms with Crippen LogP contribution in [0.15, 0.2) is 48.1 Å². The van der Waals surface area contributed by atoms with Crippen LogP contribution in [0.25, 0.3) is 11.4 Å². The molecular weight excluding hydrogens is 370 g/mol. The first-order valence-electron chi connectivity index (χ1n) is 8.98. The van der Waals surface area contributed by atoms with Crippen molar-refractivity contribution in [3.8, 4) is 11.4 Å². The predicted octanol–water partition coefficient (Wildman–Crippen LogP) is 4.81. The third-order valence-electron chi connectivity index (χ3n) is 4.28. The van der Waals surface area contributed by atoms with Crippen LogP contribution in [0.2, 0.25) is 0 Å². The standard InChI is InChI=1S/C20H21N7S/c1-12(2)17-18(25-13(3)24-17)15-8-9-22-19(26-15)27(20-23-10-11-28-20)16-7-5-4-6-14(16)21/h4-12H,21H2,1-3H3,(H,24,25). The van der Waals surface area contributed by atoms with Crippen molar-refractivity contribution in [2.24, 2.45) is 0 Å². The van der Waals surface area contributed by atoms with E-state index < -0.39 is 0 Å². The molecule has 4 rings (SSSR count). The number of thiazole rings is 1. The third kappa shape index (κ3) is 3.34. The number of aromatic nitrogens is 5. The quantitative estimate of drug-likeness (QED) is 0.474. The summed E-state index contributed by atoms with van der Waals surface area (Å²) in [7, 11) is 0. The molecule has 3 N–H and O–H groups in total. The highest BCUT2D eigenvalue weighted by Gasteiger charge is 2.21. The lowest BCUT2D eigenvalue weighted by atomic mass is 10.1. The molecule has 0 aliphatic heterocycles. The zero-order valence-corrected chi connectivity index (χ0v) is 16.7. The Morgan fingerprint density at radius 3 is 2.61 bits per heavy atom. The number of para-hydroxylation sites is 2. The topological polar surface area (TPSA) is 96.6 Å². The predicted molar refractivity (Wildman–Crippen MR) is 113 cm³/mol. The average molecular weight is 392 g/mol. The van der Waals surface area contributed by atoms with Gasteiger partial charge in [-0.3, -0.25) is 4.90 Å². The van der Waals surface area contributed by atoms with Crippen LogP contribution >= 0.6 is 11.3 Å². The highest BCUT2D eigenvalue weighted by atomic mass is 32.1. The van der Waals surface area contributed by atoms with Crippen LogP contribution in [0.1, 0.15) is 31.3 Å². The smallest absolute Gasteiger partial charge is 0.237 e. The third-order valence-corrected chi connectivity index (χ3v) is 5.04. The Labute approximate surface area is 167 Å². The first-order chi connectivity index (χ1) is 13.5. The maximum atomic E-state index is 6.24. The van der Waals surface area contributed by atoms with Crippen molar-refractivity contribution in [3.63, 3.8) is 0 Å². The van der Waals surface area contributed by atoms with E-state index in [0.717, 1.165) is 33.7 Å². The van der Waals surface area contributed by atoms with Crippen LogP contribution in [0.3, 0.4) is 0 Å². The summed E-state index contributed by atoms with van der Waals surface area (Å²) in [5, 5.41) is 2.67. The van der Waals surface area contributed by atoms with Crippen molar-refractivity contribution >= 4 is 33.8 Å². The summed E-state index contributed by atoms with van der Waals surface area (Å²) in [6, 6.07) is 9.52. The molecular formula is C20H21N7S. The minimum Gasteiger partial charge on any atom is -0.397 e. The van der Waals surface area contributed by atoms with E-state index in [-0.39, 0.29) is 5.92 Å². The van der Waals surface area contributed by atoms with Crippen molar-refractivity contribution in [1.82, 2.24) is 24.9 Å². The first kappa shape index (κ1) is 18.1. The molecule has 3 heterocycles. The number of aromatic amines is 1. The normalized spacial score (nSPS) is 11.1. The summed E-state index contributed by atoms with van der Waals surface area (Å²) < 4.78 is 0. The van der Waals surface area contributed by atoms with Crippen molar-refractivity contribution in [2.75, 3.05) is 10.6 Å². The average Bonchev–Trinajstić information content (AvgIpc) is 3.34. The van der Waals surface area contributed by atoms with Gasteiger partial charge in [0.15, 0.2) is 5.13 Å². The fourth-order valence-electron chi connectivity index (χ4n) is 3.03. The fourth-order valence-corrected chi connectivity index (χ4v) is 3.68. The highest BCUT2D eigenvalue weighted by Crippen LogP contribution is 2.37. The minimum atomic E-state index is 0.276. The molecule has 0 aliphatic rings. The largest absolute Gasteiger partial charge is 0.397 e. The van der Waals surface area contributed by atoms with Crippen molar-refractivity contribution in [1.29, 1.82) is 0 Å². The SMILES string of the molecule is Cc1nc(C(C)C)c(-c2ccnc(N(c3nccs3)c3ccccc3N)n2)[nH]1. The van der Waals surface area contributed by atoms with Gasteiger partial charge in [0.05, 0.1) is 28.5 Å². The Bertz CT molecular complexity index is 1090. The van der Waals surface area contributed by atoms with Gasteiger partial charge in [0.2, 0.25) is 5.95 Å².